The van der Waals surface area contributed by atoms with Crippen LogP contribution in [0.2, 0.25) is 0 Å². The van der Waals surface area contributed by atoms with Crippen molar-refractivity contribution in [3.05, 3.63) is 82.1 Å². The van der Waals surface area contributed by atoms with E-state index in [1.165, 1.54) is 0 Å². The summed E-state index contributed by atoms with van der Waals surface area (Å²) >= 11 is 1.62. The number of carbonyl (C=O) groups is 2. The number of aliphatic hydroxyl groups excluding tert-OH is 1. The first kappa shape index (κ1) is 30.4. The van der Waals surface area contributed by atoms with E-state index in [2.05, 4.69) is 16.0 Å². The number of halogens is 2. The van der Waals surface area contributed by atoms with Gasteiger partial charge in [-0.25, -0.2) is 8.78 Å². The van der Waals surface area contributed by atoms with Gasteiger partial charge in [-0.2, -0.15) is 11.3 Å². The molecule has 0 saturated heterocycles. The van der Waals surface area contributed by atoms with Crippen molar-refractivity contribution in [2.75, 3.05) is 13.1 Å². The normalized spacial score (nSPS) is 13.9. The second kappa shape index (κ2) is 13.7. The molecule has 3 unspecified atom stereocenters. The molecule has 0 fully saturated rings. The molecule has 1 heterocycles. The fraction of sp³-hybridized carbons (Fsp3) is 0.379. The van der Waals surface area contributed by atoms with Crippen LogP contribution in [0.1, 0.15) is 31.4 Å². The molecule has 39 heavy (non-hydrogen) atoms. The summed E-state index contributed by atoms with van der Waals surface area (Å²) in [5, 5.41) is 20.0. The molecule has 210 valence electrons. The summed E-state index contributed by atoms with van der Waals surface area (Å²) in [6, 6.07) is 11.5. The van der Waals surface area contributed by atoms with Gasteiger partial charge >= 0.3 is 0 Å². The summed E-state index contributed by atoms with van der Waals surface area (Å²) in [5.41, 5.74) is 14.8. The van der Waals surface area contributed by atoms with Gasteiger partial charge in [-0.3, -0.25) is 9.59 Å². The van der Waals surface area contributed by atoms with Crippen LogP contribution in [-0.4, -0.2) is 48.2 Å². The van der Waals surface area contributed by atoms with E-state index in [0.29, 0.717) is 6.42 Å². The number of thiophene rings is 1. The van der Waals surface area contributed by atoms with E-state index in [1.54, 1.807) is 11.3 Å². The molecule has 7 N–H and O–H groups in total. The average molecular weight is 559 g/mol. The van der Waals surface area contributed by atoms with Crippen LogP contribution in [0.15, 0.2) is 59.3 Å². The Morgan fingerprint density at radius 3 is 2.33 bits per heavy atom. The Morgan fingerprint density at radius 1 is 0.974 bits per heavy atom. The Kier molecular flexibility index (Phi) is 10.7. The number of hydrogen-bond acceptors (Lipinski definition) is 6. The predicted molar refractivity (Wildman–Crippen MR) is 150 cm³/mol. The first-order valence-corrected chi connectivity index (χ1v) is 13.7. The van der Waals surface area contributed by atoms with Gasteiger partial charge in [-0.15, -0.1) is 0 Å². The number of hydrogen-bond donors (Lipinski definition) is 5. The summed E-state index contributed by atoms with van der Waals surface area (Å²) in [7, 11) is 0. The van der Waals surface area contributed by atoms with E-state index in [9.17, 15) is 23.5 Å². The molecule has 0 saturated carbocycles. The Morgan fingerprint density at radius 2 is 1.67 bits per heavy atom. The van der Waals surface area contributed by atoms with Crippen molar-refractivity contribution < 1.29 is 23.5 Å². The molecule has 0 aliphatic heterocycles. The van der Waals surface area contributed by atoms with Gasteiger partial charge in [-0.1, -0.05) is 38.1 Å². The van der Waals surface area contributed by atoms with E-state index < -0.39 is 41.1 Å². The van der Waals surface area contributed by atoms with Gasteiger partial charge in [0.25, 0.3) is 0 Å². The smallest absolute Gasteiger partial charge is 0.250 e. The third-order valence-corrected chi connectivity index (χ3v) is 7.08. The number of nitrogens with two attached hydrogens (primary N) is 2. The largest absolute Gasteiger partial charge is 0.382 e. The number of aliphatic hydroxyl groups is 1. The third-order valence-electron chi connectivity index (χ3n) is 6.40. The average Bonchev–Trinajstić information content (AvgIpc) is 3.43. The van der Waals surface area contributed by atoms with Crippen molar-refractivity contribution in [1.29, 1.82) is 0 Å². The monoisotopic (exact) mass is 558 g/mol. The molecule has 0 aliphatic rings. The van der Waals surface area contributed by atoms with Gasteiger partial charge in [0.05, 0.1) is 0 Å². The summed E-state index contributed by atoms with van der Waals surface area (Å²) in [6.45, 7) is 4.10. The molecule has 0 bridgehead atoms. The minimum atomic E-state index is -1.40. The van der Waals surface area contributed by atoms with Crippen molar-refractivity contribution in [3.63, 3.8) is 0 Å². The van der Waals surface area contributed by atoms with E-state index in [-0.39, 0.29) is 37.4 Å². The molecule has 3 aromatic rings. The highest BCUT2D eigenvalue weighted by Crippen LogP contribution is 2.23. The fourth-order valence-electron chi connectivity index (χ4n) is 4.04. The lowest BCUT2D eigenvalue weighted by Crippen LogP contribution is -2.50. The third kappa shape index (κ3) is 9.50. The first-order chi connectivity index (χ1) is 18.4. The molecule has 0 spiro atoms. The zero-order valence-electron chi connectivity index (χ0n) is 22.1. The van der Waals surface area contributed by atoms with E-state index in [1.807, 2.05) is 49.6 Å². The molecule has 0 radical (unpaired) electrons. The number of benzene rings is 2. The maximum Gasteiger partial charge on any atom is 0.250 e. The molecule has 2 amide bonds. The van der Waals surface area contributed by atoms with Gasteiger partial charge in [0.15, 0.2) is 0 Å². The highest BCUT2D eigenvalue weighted by atomic mass is 32.1. The molecule has 2 aromatic carbocycles. The summed E-state index contributed by atoms with van der Waals surface area (Å²) in [6.07, 6.45) is -1.11. The lowest BCUT2D eigenvalue weighted by atomic mass is 9.92. The lowest BCUT2D eigenvalue weighted by Gasteiger charge is -2.27. The van der Waals surface area contributed by atoms with Crippen molar-refractivity contribution in [2.45, 2.75) is 51.3 Å². The lowest BCUT2D eigenvalue weighted by molar-refractivity contribution is -0.130. The predicted octanol–water partition coefficient (Wildman–Crippen LogP) is 3.14. The quantitative estimate of drug-likeness (QED) is 0.220. The minimum Gasteiger partial charge on any atom is -0.382 e. The minimum absolute atomic E-state index is 0.0212. The highest BCUT2D eigenvalue weighted by molar-refractivity contribution is 7.08. The molecule has 0 aliphatic carbocycles. The maximum atomic E-state index is 13.8. The van der Waals surface area contributed by atoms with Crippen molar-refractivity contribution >= 4 is 23.2 Å². The Hall–Kier alpha value is -3.18. The summed E-state index contributed by atoms with van der Waals surface area (Å²) in [5.74, 6) is -2.07. The van der Waals surface area contributed by atoms with Crippen molar-refractivity contribution in [1.82, 2.24) is 10.6 Å². The van der Waals surface area contributed by atoms with Crippen LogP contribution >= 0.6 is 11.3 Å². The first-order valence-electron chi connectivity index (χ1n) is 12.7. The number of amides is 2. The summed E-state index contributed by atoms with van der Waals surface area (Å²) in [4.78, 5) is 24.9. The Balaban J connectivity index is 1.40. The van der Waals surface area contributed by atoms with E-state index in [0.717, 1.165) is 34.9 Å². The molecule has 3 atom stereocenters. The summed E-state index contributed by atoms with van der Waals surface area (Å²) < 4.78 is 27.2. The van der Waals surface area contributed by atoms with Gasteiger partial charge in [0.1, 0.15) is 17.7 Å². The standard InChI is InChI=1S/C29H36F2N4O3S/c1-29(2,16-34-26(36)14-23(32)13-21-12-22(30)7-8-24(21)31)17-35-28(38)27(37)25(33)11-18-3-5-19(6-4-18)20-9-10-39-15-20/h3-10,12,15,23,25,27,37H,11,13-14,16-17,32-33H2,1-2H3,(H,34,36)(H,35,38). The van der Waals surface area contributed by atoms with Gasteiger partial charge in [0.2, 0.25) is 11.8 Å². The maximum absolute atomic E-state index is 13.8. The van der Waals surface area contributed by atoms with Gasteiger partial charge in [0, 0.05) is 31.6 Å². The van der Waals surface area contributed by atoms with Crippen LogP contribution in [-0.2, 0) is 22.4 Å². The molecule has 1 aromatic heterocycles. The molecule has 7 nitrogen and oxygen atoms in total. The number of carbonyl (C=O) groups excluding carboxylic acids is 2. The Labute approximate surface area is 231 Å². The van der Waals surface area contributed by atoms with Crippen molar-refractivity contribution in [3.8, 4) is 11.1 Å². The Bertz CT molecular complexity index is 1240. The number of nitrogens with one attached hydrogen (secondary N) is 2. The molecular weight excluding hydrogens is 522 g/mol. The number of rotatable bonds is 13. The SMILES string of the molecule is CC(C)(CNC(=O)CC(N)Cc1cc(F)ccc1F)CNC(=O)C(O)C(N)Cc1ccc(-c2ccsc2)cc1. The van der Waals surface area contributed by atoms with E-state index >= 15 is 0 Å². The zero-order chi connectivity index (χ0) is 28.6. The van der Waals surface area contributed by atoms with Crippen LogP contribution in [0.5, 0.6) is 0 Å². The fourth-order valence-corrected chi connectivity index (χ4v) is 4.70. The second-order valence-electron chi connectivity index (χ2n) is 10.6. The molecule has 3 rings (SSSR count). The molecular formula is C29H36F2N4O3S. The van der Waals surface area contributed by atoms with Crippen molar-refractivity contribution in [2.24, 2.45) is 16.9 Å². The van der Waals surface area contributed by atoms with Gasteiger partial charge in [-0.05, 0) is 75.5 Å². The van der Waals surface area contributed by atoms with Crippen LogP contribution < -0.4 is 22.1 Å². The van der Waals surface area contributed by atoms with Crippen LogP contribution in [0, 0.1) is 17.0 Å². The van der Waals surface area contributed by atoms with Crippen LogP contribution in [0.4, 0.5) is 8.78 Å². The second-order valence-corrected chi connectivity index (χ2v) is 11.4. The molecule has 10 heteroatoms. The van der Waals surface area contributed by atoms with Gasteiger partial charge < -0.3 is 27.2 Å². The van der Waals surface area contributed by atoms with Crippen LogP contribution in [0.25, 0.3) is 11.1 Å². The van der Waals surface area contributed by atoms with E-state index in [4.69, 9.17) is 11.5 Å². The topological polar surface area (TPSA) is 130 Å². The van der Waals surface area contributed by atoms with Crippen LogP contribution in [0.3, 0.4) is 0 Å². The zero-order valence-corrected chi connectivity index (χ0v) is 22.9. The highest BCUT2D eigenvalue weighted by Gasteiger charge is 2.26.